The van der Waals surface area contributed by atoms with Crippen molar-refractivity contribution in [3.05, 3.63) is 35.4 Å². The highest BCUT2D eigenvalue weighted by Crippen LogP contribution is 2.26. The number of ether oxygens (including phenoxy) is 1. The summed E-state index contributed by atoms with van der Waals surface area (Å²) in [6, 6.07) is 8.48. The lowest BCUT2D eigenvalue weighted by atomic mass is 10.1. The summed E-state index contributed by atoms with van der Waals surface area (Å²) in [6.07, 6.45) is 0.974. The summed E-state index contributed by atoms with van der Waals surface area (Å²) in [7, 11) is 0. The van der Waals surface area contributed by atoms with E-state index in [1.54, 1.807) is 0 Å². The van der Waals surface area contributed by atoms with Crippen molar-refractivity contribution in [3.63, 3.8) is 0 Å². The standard InChI is InChI=1S/C17H26N2O2/c1-5-13-7-9-14(10-8-13)16-18-11-15(20)19(16)12-17(3,4)21-6-2/h7-10,16,18H,5-6,11-12H2,1-4H3. The van der Waals surface area contributed by atoms with E-state index in [4.69, 9.17) is 4.74 Å². The molecule has 0 saturated carbocycles. The minimum absolute atomic E-state index is 0.0527. The summed E-state index contributed by atoms with van der Waals surface area (Å²) in [5, 5.41) is 3.30. The van der Waals surface area contributed by atoms with Gasteiger partial charge in [-0.25, -0.2) is 0 Å². The lowest BCUT2D eigenvalue weighted by Crippen LogP contribution is -2.43. The fourth-order valence-electron chi connectivity index (χ4n) is 2.80. The zero-order valence-electron chi connectivity index (χ0n) is 13.5. The van der Waals surface area contributed by atoms with Gasteiger partial charge in [0.05, 0.1) is 18.7 Å². The van der Waals surface area contributed by atoms with Crippen LogP contribution in [0.2, 0.25) is 0 Å². The van der Waals surface area contributed by atoms with E-state index < -0.39 is 0 Å². The number of carbonyl (C=O) groups excluding carboxylic acids is 1. The summed E-state index contributed by atoms with van der Waals surface area (Å²) >= 11 is 0. The van der Waals surface area contributed by atoms with Gasteiger partial charge in [-0.3, -0.25) is 10.1 Å². The van der Waals surface area contributed by atoms with Gasteiger partial charge in [0.25, 0.3) is 0 Å². The monoisotopic (exact) mass is 290 g/mol. The molecule has 1 aliphatic rings. The molecule has 0 spiro atoms. The molecule has 116 valence electrons. The lowest BCUT2D eigenvalue weighted by molar-refractivity contribution is -0.132. The molecule has 1 aromatic carbocycles. The lowest BCUT2D eigenvalue weighted by Gasteiger charge is -2.33. The SMILES string of the molecule is CCOC(C)(C)CN1C(=O)CNC1c1ccc(CC)cc1. The van der Waals surface area contributed by atoms with Crippen molar-refractivity contribution in [2.45, 2.75) is 45.9 Å². The van der Waals surface area contributed by atoms with Crippen molar-refractivity contribution in [3.8, 4) is 0 Å². The average Bonchev–Trinajstić information content (AvgIpc) is 2.80. The highest BCUT2D eigenvalue weighted by Gasteiger charge is 2.35. The Kier molecular flexibility index (Phi) is 5.01. The minimum atomic E-state index is -0.335. The maximum atomic E-state index is 12.2. The Morgan fingerprint density at radius 2 is 1.95 bits per heavy atom. The van der Waals surface area contributed by atoms with E-state index in [2.05, 4.69) is 36.5 Å². The maximum Gasteiger partial charge on any atom is 0.238 e. The molecule has 4 heteroatoms. The number of rotatable bonds is 6. The molecular formula is C17H26N2O2. The molecule has 1 aromatic rings. The summed E-state index contributed by atoms with van der Waals surface area (Å²) < 4.78 is 5.74. The van der Waals surface area contributed by atoms with Gasteiger partial charge in [0.2, 0.25) is 5.91 Å². The molecule has 1 N–H and O–H groups in total. The summed E-state index contributed by atoms with van der Waals surface area (Å²) in [4.78, 5) is 14.1. The van der Waals surface area contributed by atoms with E-state index in [0.717, 1.165) is 12.0 Å². The Morgan fingerprint density at radius 3 is 2.52 bits per heavy atom. The molecule has 0 aromatic heterocycles. The van der Waals surface area contributed by atoms with Crippen LogP contribution in [0.25, 0.3) is 0 Å². The molecule has 1 heterocycles. The Bertz CT molecular complexity index is 482. The molecule has 4 nitrogen and oxygen atoms in total. The number of nitrogens with zero attached hydrogens (tertiary/aromatic N) is 1. The number of nitrogens with one attached hydrogen (secondary N) is 1. The summed E-state index contributed by atoms with van der Waals surface area (Å²) in [5.74, 6) is 0.132. The van der Waals surface area contributed by atoms with Crippen LogP contribution in [0.1, 0.15) is 45.0 Å². The predicted octanol–water partition coefficient (Wildman–Crippen LogP) is 2.49. The van der Waals surface area contributed by atoms with Crippen LogP contribution in [-0.4, -0.2) is 36.1 Å². The van der Waals surface area contributed by atoms with Crippen molar-refractivity contribution in [2.75, 3.05) is 19.7 Å². The van der Waals surface area contributed by atoms with Crippen LogP contribution in [0, 0.1) is 0 Å². The zero-order chi connectivity index (χ0) is 15.5. The quantitative estimate of drug-likeness (QED) is 0.875. The molecule has 1 unspecified atom stereocenters. The van der Waals surface area contributed by atoms with Crippen LogP contribution in [0.4, 0.5) is 0 Å². The average molecular weight is 290 g/mol. The van der Waals surface area contributed by atoms with E-state index in [0.29, 0.717) is 19.7 Å². The van der Waals surface area contributed by atoms with Gasteiger partial charge in [-0.05, 0) is 38.3 Å². The molecule has 0 radical (unpaired) electrons. The predicted molar refractivity (Wildman–Crippen MR) is 84.0 cm³/mol. The minimum Gasteiger partial charge on any atom is -0.374 e. The molecule has 21 heavy (non-hydrogen) atoms. The van der Waals surface area contributed by atoms with E-state index in [9.17, 15) is 4.79 Å². The van der Waals surface area contributed by atoms with Crippen molar-refractivity contribution in [1.82, 2.24) is 10.2 Å². The number of amides is 1. The third-order valence-electron chi connectivity index (χ3n) is 3.87. The third-order valence-corrected chi connectivity index (χ3v) is 3.87. The van der Waals surface area contributed by atoms with Gasteiger partial charge >= 0.3 is 0 Å². The second kappa shape index (κ2) is 6.58. The van der Waals surface area contributed by atoms with Gasteiger partial charge in [-0.15, -0.1) is 0 Å². The maximum absolute atomic E-state index is 12.2. The van der Waals surface area contributed by atoms with Gasteiger partial charge in [-0.2, -0.15) is 0 Å². The highest BCUT2D eigenvalue weighted by molar-refractivity contribution is 5.81. The molecule has 1 aliphatic heterocycles. The second-order valence-electron chi connectivity index (χ2n) is 6.09. The first-order valence-electron chi connectivity index (χ1n) is 7.72. The molecule has 0 bridgehead atoms. The largest absolute Gasteiger partial charge is 0.374 e. The first-order valence-corrected chi connectivity index (χ1v) is 7.72. The van der Waals surface area contributed by atoms with Crippen LogP contribution in [0.5, 0.6) is 0 Å². The topological polar surface area (TPSA) is 41.6 Å². The normalized spacial score (nSPS) is 19.3. The molecule has 1 amide bonds. The first kappa shape index (κ1) is 16.0. The molecular weight excluding hydrogens is 264 g/mol. The summed E-state index contributed by atoms with van der Waals surface area (Å²) in [6.45, 7) is 9.81. The van der Waals surface area contributed by atoms with Gasteiger partial charge in [-0.1, -0.05) is 31.2 Å². The van der Waals surface area contributed by atoms with Gasteiger partial charge in [0.1, 0.15) is 6.17 Å². The van der Waals surface area contributed by atoms with Crippen molar-refractivity contribution in [2.24, 2.45) is 0 Å². The Morgan fingerprint density at radius 1 is 1.29 bits per heavy atom. The van der Waals surface area contributed by atoms with E-state index >= 15 is 0 Å². The van der Waals surface area contributed by atoms with Crippen molar-refractivity contribution < 1.29 is 9.53 Å². The smallest absolute Gasteiger partial charge is 0.238 e. The number of carbonyl (C=O) groups is 1. The highest BCUT2D eigenvalue weighted by atomic mass is 16.5. The van der Waals surface area contributed by atoms with E-state index in [-0.39, 0.29) is 17.7 Å². The Labute approximate surface area is 127 Å². The van der Waals surface area contributed by atoms with Crippen molar-refractivity contribution >= 4 is 5.91 Å². The number of aryl methyl sites for hydroxylation is 1. The first-order chi connectivity index (χ1) is 9.96. The third kappa shape index (κ3) is 3.83. The van der Waals surface area contributed by atoms with E-state index in [1.807, 2.05) is 25.7 Å². The van der Waals surface area contributed by atoms with Gasteiger partial charge < -0.3 is 9.64 Å². The van der Waals surface area contributed by atoms with Crippen LogP contribution in [0.15, 0.2) is 24.3 Å². The van der Waals surface area contributed by atoms with Crippen molar-refractivity contribution in [1.29, 1.82) is 0 Å². The van der Waals surface area contributed by atoms with Crippen LogP contribution >= 0.6 is 0 Å². The van der Waals surface area contributed by atoms with Crippen LogP contribution in [0.3, 0.4) is 0 Å². The Balaban J connectivity index is 2.15. The molecule has 1 atom stereocenters. The molecule has 0 aliphatic carbocycles. The zero-order valence-corrected chi connectivity index (χ0v) is 13.5. The van der Waals surface area contributed by atoms with Crippen LogP contribution < -0.4 is 5.32 Å². The molecule has 2 rings (SSSR count). The number of benzene rings is 1. The second-order valence-corrected chi connectivity index (χ2v) is 6.09. The fraction of sp³-hybridized carbons (Fsp3) is 0.588. The molecule has 1 saturated heterocycles. The fourth-order valence-corrected chi connectivity index (χ4v) is 2.80. The Hall–Kier alpha value is -1.39. The molecule has 1 fully saturated rings. The van der Waals surface area contributed by atoms with Gasteiger partial charge in [0.15, 0.2) is 0 Å². The summed E-state index contributed by atoms with van der Waals surface area (Å²) in [5.41, 5.74) is 2.10. The van der Waals surface area contributed by atoms with Crippen LogP contribution in [-0.2, 0) is 16.0 Å². The van der Waals surface area contributed by atoms with E-state index in [1.165, 1.54) is 5.56 Å². The van der Waals surface area contributed by atoms with Gasteiger partial charge in [0, 0.05) is 6.61 Å². The number of hydrogen-bond acceptors (Lipinski definition) is 3. The number of hydrogen-bond donors (Lipinski definition) is 1.